The summed E-state index contributed by atoms with van der Waals surface area (Å²) in [5.74, 6) is 1.84. The fourth-order valence-corrected chi connectivity index (χ4v) is 6.20. The molecule has 2 N–H and O–H groups in total. The van der Waals surface area contributed by atoms with Gasteiger partial charge in [0.15, 0.2) is 10.8 Å². The number of hydrogen-bond acceptors (Lipinski definition) is 9. The van der Waals surface area contributed by atoms with Crippen molar-refractivity contribution in [3.63, 3.8) is 0 Å². The molecule has 0 aliphatic carbocycles. The summed E-state index contributed by atoms with van der Waals surface area (Å²) < 4.78 is 24.1. The molecule has 4 rings (SSSR count). The Labute approximate surface area is 191 Å². The van der Waals surface area contributed by atoms with Crippen molar-refractivity contribution in [1.29, 1.82) is 0 Å². The molecule has 0 spiro atoms. The molecular weight excluding hydrogens is 452 g/mol. The Hall–Kier alpha value is -2.24. The average molecular weight is 475 g/mol. The Morgan fingerprint density at radius 1 is 1.16 bits per heavy atom. The molecule has 0 aliphatic rings. The number of ether oxygens (including phenoxy) is 2. The molecular formula is C21H22N4O3S3. The van der Waals surface area contributed by atoms with Crippen LogP contribution >= 0.6 is 22.7 Å². The third-order valence-electron chi connectivity index (χ3n) is 4.46. The highest BCUT2D eigenvalue weighted by atomic mass is 32.2. The lowest BCUT2D eigenvalue weighted by Crippen LogP contribution is -2.06. The largest absolute Gasteiger partial charge is 0.611 e. The number of methoxy groups -OCH3 is 1. The quantitative estimate of drug-likeness (QED) is 0.279. The normalized spacial score (nSPS) is 12.4. The highest BCUT2D eigenvalue weighted by molar-refractivity contribution is 7.93. The summed E-state index contributed by atoms with van der Waals surface area (Å²) in [6, 6.07) is 7.66. The molecule has 0 fully saturated rings. The molecule has 0 bridgehead atoms. The van der Waals surface area contributed by atoms with E-state index in [4.69, 9.17) is 25.2 Å². The van der Waals surface area contributed by atoms with Crippen LogP contribution in [-0.4, -0.2) is 45.6 Å². The molecule has 3 aromatic heterocycles. The van der Waals surface area contributed by atoms with Crippen molar-refractivity contribution < 1.29 is 14.0 Å². The average Bonchev–Trinajstić information content (AvgIpc) is 3.43. The lowest BCUT2D eigenvalue weighted by atomic mass is 10.1. The topological polar surface area (TPSA) is 106 Å². The molecule has 0 saturated carbocycles. The molecule has 10 heteroatoms. The van der Waals surface area contributed by atoms with E-state index < -0.39 is 11.2 Å². The molecule has 4 aromatic rings. The van der Waals surface area contributed by atoms with Crippen molar-refractivity contribution in [2.45, 2.75) is 17.6 Å². The number of nitrogen functional groups attached to an aromatic ring is 1. The summed E-state index contributed by atoms with van der Waals surface area (Å²) >= 11 is 1.68. The van der Waals surface area contributed by atoms with E-state index in [9.17, 15) is 4.55 Å². The van der Waals surface area contributed by atoms with E-state index in [1.807, 2.05) is 36.6 Å². The van der Waals surface area contributed by atoms with Gasteiger partial charge in [0.25, 0.3) is 0 Å². The Morgan fingerprint density at radius 2 is 1.97 bits per heavy atom. The van der Waals surface area contributed by atoms with E-state index in [1.165, 1.54) is 22.7 Å². The molecule has 31 heavy (non-hydrogen) atoms. The summed E-state index contributed by atoms with van der Waals surface area (Å²) in [4.78, 5) is 14.6. The van der Waals surface area contributed by atoms with Gasteiger partial charge in [-0.15, -0.1) is 11.3 Å². The van der Waals surface area contributed by atoms with Gasteiger partial charge in [0.05, 0.1) is 17.7 Å². The number of rotatable bonds is 9. The molecule has 1 atom stereocenters. The predicted molar refractivity (Wildman–Crippen MR) is 127 cm³/mol. The third kappa shape index (κ3) is 4.68. The number of aromatic nitrogens is 3. The van der Waals surface area contributed by atoms with E-state index >= 15 is 0 Å². The van der Waals surface area contributed by atoms with Crippen LogP contribution in [0.3, 0.4) is 0 Å². The van der Waals surface area contributed by atoms with Crippen LogP contribution in [0.15, 0.2) is 40.1 Å². The number of benzene rings is 1. The van der Waals surface area contributed by atoms with Crippen molar-refractivity contribution in [2.24, 2.45) is 0 Å². The van der Waals surface area contributed by atoms with Gasteiger partial charge in [0.2, 0.25) is 4.21 Å². The van der Waals surface area contributed by atoms with E-state index in [0.717, 1.165) is 28.1 Å². The number of thiazole rings is 1. The molecule has 1 aromatic carbocycles. The van der Waals surface area contributed by atoms with Gasteiger partial charge in [-0.05, 0) is 41.9 Å². The first-order chi connectivity index (χ1) is 15.1. The van der Waals surface area contributed by atoms with Gasteiger partial charge in [-0.3, -0.25) is 0 Å². The Balaban J connectivity index is 1.82. The molecule has 3 heterocycles. The third-order valence-corrected chi connectivity index (χ3v) is 8.34. The van der Waals surface area contributed by atoms with Crippen molar-refractivity contribution in [2.75, 3.05) is 31.8 Å². The van der Waals surface area contributed by atoms with E-state index in [2.05, 4.69) is 4.98 Å². The zero-order valence-corrected chi connectivity index (χ0v) is 19.6. The number of nitrogens with zero attached hydrogens (tertiary/aromatic N) is 3. The van der Waals surface area contributed by atoms with Gasteiger partial charge in [-0.1, -0.05) is 18.3 Å². The first-order valence-corrected chi connectivity index (χ1v) is 12.7. The SMILES string of the molecule is CCC[S+]([O-])c1sc2nc(-c3nccs3)nc(-c3ccc(OCCOC)cc3)c2c1N. The van der Waals surface area contributed by atoms with Gasteiger partial charge in [-0.25, -0.2) is 15.0 Å². The smallest absolute Gasteiger partial charge is 0.232 e. The zero-order valence-electron chi connectivity index (χ0n) is 17.2. The molecule has 0 aliphatic heterocycles. The summed E-state index contributed by atoms with van der Waals surface area (Å²) in [6.45, 7) is 3.00. The summed E-state index contributed by atoms with van der Waals surface area (Å²) in [5, 5.41) is 3.35. The van der Waals surface area contributed by atoms with Crippen LogP contribution in [0.2, 0.25) is 0 Å². The molecule has 7 nitrogen and oxygen atoms in total. The first kappa shape index (κ1) is 22.0. The number of anilines is 1. The van der Waals surface area contributed by atoms with Gasteiger partial charge in [0, 0.05) is 24.3 Å². The Bertz CT molecular complexity index is 1150. The maximum absolute atomic E-state index is 12.7. The van der Waals surface area contributed by atoms with E-state index in [-0.39, 0.29) is 0 Å². The second kappa shape index (κ2) is 9.92. The van der Waals surface area contributed by atoms with Gasteiger partial charge in [0.1, 0.15) is 28.6 Å². The number of nitrogens with two attached hydrogens (primary N) is 1. The Morgan fingerprint density at radius 3 is 2.65 bits per heavy atom. The summed E-state index contributed by atoms with van der Waals surface area (Å²) in [6.07, 6.45) is 2.54. The lowest BCUT2D eigenvalue weighted by Gasteiger charge is -2.09. The van der Waals surface area contributed by atoms with Crippen LogP contribution < -0.4 is 10.5 Å². The second-order valence-corrected chi connectivity index (χ2v) is 10.3. The summed E-state index contributed by atoms with van der Waals surface area (Å²) in [7, 11) is 1.64. The minimum atomic E-state index is -1.16. The van der Waals surface area contributed by atoms with Crippen LogP contribution in [0.25, 0.3) is 32.3 Å². The Kier molecular flexibility index (Phi) is 7.03. The maximum atomic E-state index is 12.7. The van der Waals surface area contributed by atoms with Crippen LogP contribution in [-0.2, 0) is 15.9 Å². The molecule has 0 amide bonds. The minimum absolute atomic E-state index is 0.478. The monoisotopic (exact) mass is 474 g/mol. The number of thiophene rings is 1. The lowest BCUT2D eigenvalue weighted by molar-refractivity contribution is 0.146. The highest BCUT2D eigenvalue weighted by Gasteiger charge is 2.25. The van der Waals surface area contributed by atoms with Gasteiger partial charge >= 0.3 is 0 Å². The van der Waals surface area contributed by atoms with Crippen LogP contribution in [0.1, 0.15) is 13.3 Å². The van der Waals surface area contributed by atoms with E-state index in [0.29, 0.717) is 45.2 Å². The van der Waals surface area contributed by atoms with Crippen molar-refractivity contribution in [3.05, 3.63) is 35.8 Å². The first-order valence-electron chi connectivity index (χ1n) is 9.72. The standard InChI is InChI=1S/C21H22N4O3S3/c1-3-12-31(26)21-16(22)15-17(13-4-6-14(7-5-13)28-10-9-27-2)24-18(25-19(15)30-21)20-23-8-11-29-20/h4-8,11H,3,9-10,12,22H2,1-2H3. The fraction of sp³-hybridized carbons (Fsp3) is 0.286. The van der Waals surface area contributed by atoms with Crippen molar-refractivity contribution in [1.82, 2.24) is 15.0 Å². The number of fused-ring (bicyclic) bond motifs is 1. The molecule has 162 valence electrons. The van der Waals surface area contributed by atoms with Crippen molar-refractivity contribution in [3.8, 4) is 27.8 Å². The van der Waals surface area contributed by atoms with Crippen LogP contribution in [0.4, 0.5) is 5.69 Å². The number of hydrogen-bond donors (Lipinski definition) is 1. The highest BCUT2D eigenvalue weighted by Crippen LogP contribution is 2.42. The maximum Gasteiger partial charge on any atom is 0.232 e. The van der Waals surface area contributed by atoms with Crippen LogP contribution in [0.5, 0.6) is 5.75 Å². The molecule has 1 unspecified atom stereocenters. The molecule has 0 saturated heterocycles. The minimum Gasteiger partial charge on any atom is -0.611 e. The van der Waals surface area contributed by atoms with Gasteiger partial charge in [-0.2, -0.15) is 0 Å². The van der Waals surface area contributed by atoms with Crippen LogP contribution in [0, 0.1) is 0 Å². The van der Waals surface area contributed by atoms with Gasteiger partial charge < -0.3 is 19.8 Å². The predicted octanol–water partition coefficient (Wildman–Crippen LogP) is 4.61. The second-order valence-electron chi connectivity index (χ2n) is 6.63. The van der Waals surface area contributed by atoms with E-state index in [1.54, 1.807) is 13.3 Å². The fourth-order valence-electron chi connectivity index (χ4n) is 3.04. The van der Waals surface area contributed by atoms with Crippen molar-refractivity contribution >= 4 is 49.8 Å². The molecule has 0 radical (unpaired) electrons. The zero-order chi connectivity index (χ0) is 21.8. The summed E-state index contributed by atoms with van der Waals surface area (Å²) in [5.41, 5.74) is 8.54.